The number of hydrogen-bond donors (Lipinski definition) is 8. The van der Waals surface area contributed by atoms with Crippen molar-refractivity contribution in [1.29, 1.82) is 0 Å². The first-order chi connectivity index (χ1) is 25.6. The summed E-state index contributed by atoms with van der Waals surface area (Å²) in [6.07, 6.45) is 17.2. The summed E-state index contributed by atoms with van der Waals surface area (Å²) >= 11 is 0. The molecular formula is C42H83NO10. The molecule has 0 radical (unpaired) electrons. The van der Waals surface area contributed by atoms with Crippen LogP contribution in [-0.4, -0.2) is 110 Å². The number of nitrogens with one attached hydrogen (secondary N) is 1. The van der Waals surface area contributed by atoms with Gasteiger partial charge in [0.05, 0.1) is 25.4 Å². The van der Waals surface area contributed by atoms with Crippen LogP contribution in [0.15, 0.2) is 0 Å². The van der Waals surface area contributed by atoms with E-state index >= 15 is 0 Å². The molecule has 1 heterocycles. The Morgan fingerprint density at radius 1 is 0.623 bits per heavy atom. The number of hydrogen-bond acceptors (Lipinski definition) is 10. The van der Waals surface area contributed by atoms with Crippen LogP contribution >= 0.6 is 0 Å². The molecule has 53 heavy (non-hydrogen) atoms. The zero-order chi connectivity index (χ0) is 39.3. The summed E-state index contributed by atoms with van der Waals surface area (Å²) in [5.41, 5.74) is 0. The molecule has 10 atom stereocenters. The fourth-order valence-corrected chi connectivity index (χ4v) is 7.38. The highest BCUT2D eigenvalue weighted by molar-refractivity contribution is 5.80. The smallest absolute Gasteiger partial charge is 0.249 e. The minimum Gasteiger partial charge on any atom is -0.394 e. The van der Waals surface area contributed by atoms with Crippen molar-refractivity contribution < 1.29 is 50.0 Å². The summed E-state index contributed by atoms with van der Waals surface area (Å²) in [6.45, 7) is 5.77. The molecule has 1 saturated heterocycles. The van der Waals surface area contributed by atoms with Gasteiger partial charge in [-0.15, -0.1) is 0 Å². The molecule has 0 saturated carbocycles. The van der Waals surface area contributed by atoms with E-state index < -0.39 is 74.2 Å². The monoisotopic (exact) mass is 762 g/mol. The van der Waals surface area contributed by atoms with Crippen molar-refractivity contribution >= 4 is 5.91 Å². The Morgan fingerprint density at radius 2 is 1.09 bits per heavy atom. The molecule has 0 aromatic rings. The quantitative estimate of drug-likeness (QED) is 0.0346. The molecule has 1 aliphatic heterocycles. The van der Waals surface area contributed by atoms with E-state index in [4.69, 9.17) is 9.47 Å². The van der Waals surface area contributed by atoms with Crippen LogP contribution in [0.5, 0.6) is 0 Å². The predicted octanol–water partition coefficient (Wildman–Crippen LogP) is 6.19. The van der Waals surface area contributed by atoms with Crippen LogP contribution < -0.4 is 5.32 Å². The molecule has 0 bridgehead atoms. The van der Waals surface area contributed by atoms with Gasteiger partial charge in [-0.1, -0.05) is 175 Å². The lowest BCUT2D eigenvalue weighted by Gasteiger charge is -2.40. The van der Waals surface area contributed by atoms with Crippen molar-refractivity contribution in [2.75, 3.05) is 13.2 Å². The number of unbranched alkanes of at least 4 members (excludes halogenated alkanes) is 19. The maximum absolute atomic E-state index is 13.0. The van der Waals surface area contributed by atoms with E-state index in [0.717, 1.165) is 44.4 Å². The molecule has 1 fully saturated rings. The second-order valence-electron chi connectivity index (χ2n) is 16.1. The van der Waals surface area contributed by atoms with Crippen molar-refractivity contribution in [3.8, 4) is 0 Å². The van der Waals surface area contributed by atoms with Crippen molar-refractivity contribution in [3.05, 3.63) is 0 Å². The Balaban J connectivity index is 2.51. The number of aliphatic hydroxyl groups is 7. The standard InChI is InChI=1S/C42H83NO10/c1-4-6-7-8-9-10-11-12-15-19-22-25-29-35(46)41(51)43-33(31-52-42-40(50)39(49)38(48)36(30-44)53-42)37(47)34(45)28-24-21-18-16-13-14-17-20-23-27-32(3)26-5-2/h32-40,42,44-50H,4-31H2,1-3H3,(H,43,51)/t32?,33-,34+,35+,36?,37-,38+,39?,40?,42+/m0/s1. The van der Waals surface area contributed by atoms with Crippen LogP contribution in [0.2, 0.25) is 0 Å². The van der Waals surface area contributed by atoms with Crippen LogP contribution in [-0.2, 0) is 14.3 Å². The summed E-state index contributed by atoms with van der Waals surface area (Å²) < 4.78 is 11.1. The molecule has 8 N–H and O–H groups in total. The molecule has 0 aromatic carbocycles. The van der Waals surface area contributed by atoms with Gasteiger partial charge in [-0.3, -0.25) is 4.79 Å². The number of ether oxygens (including phenoxy) is 2. The van der Waals surface area contributed by atoms with Crippen LogP contribution in [0.1, 0.15) is 188 Å². The molecule has 1 amide bonds. The Kier molecular flexibility index (Phi) is 30.5. The van der Waals surface area contributed by atoms with Crippen molar-refractivity contribution in [3.63, 3.8) is 0 Å². The molecule has 0 aromatic heterocycles. The summed E-state index contributed by atoms with van der Waals surface area (Å²) in [5.74, 6) is 0.133. The highest BCUT2D eigenvalue weighted by atomic mass is 16.7. The first-order valence-electron chi connectivity index (χ1n) is 21.8. The highest BCUT2D eigenvalue weighted by Crippen LogP contribution is 2.23. The van der Waals surface area contributed by atoms with Crippen LogP contribution in [0.4, 0.5) is 0 Å². The first kappa shape index (κ1) is 50.1. The van der Waals surface area contributed by atoms with E-state index in [1.54, 1.807) is 0 Å². The third-order valence-corrected chi connectivity index (χ3v) is 11.0. The molecule has 1 aliphatic rings. The van der Waals surface area contributed by atoms with Crippen LogP contribution in [0, 0.1) is 5.92 Å². The second kappa shape index (κ2) is 32.2. The van der Waals surface area contributed by atoms with Crippen LogP contribution in [0.3, 0.4) is 0 Å². The minimum absolute atomic E-state index is 0.264. The molecule has 0 spiro atoms. The molecule has 0 aliphatic carbocycles. The van der Waals surface area contributed by atoms with E-state index in [2.05, 4.69) is 26.1 Å². The zero-order valence-corrected chi connectivity index (χ0v) is 33.9. The lowest BCUT2D eigenvalue weighted by atomic mass is 9.97. The SMILES string of the molecule is CCCCCCCCCCCCCC[C@@H](O)C(=O)N[C@@H](CO[C@@H]1OC(CO)[C@@H](O)C(O)C1O)[C@H](O)[C@H](O)CCCCCCCCCCCC(C)CCC. The summed E-state index contributed by atoms with van der Waals surface area (Å²) in [5, 5.41) is 75.5. The van der Waals surface area contributed by atoms with E-state index in [0.29, 0.717) is 19.3 Å². The normalized spacial score (nSPS) is 23.4. The van der Waals surface area contributed by atoms with Gasteiger partial charge in [-0.2, -0.15) is 0 Å². The largest absolute Gasteiger partial charge is 0.394 e. The number of amides is 1. The van der Waals surface area contributed by atoms with E-state index in [9.17, 15) is 40.5 Å². The van der Waals surface area contributed by atoms with E-state index in [1.165, 1.54) is 103 Å². The topological polar surface area (TPSA) is 189 Å². The van der Waals surface area contributed by atoms with Gasteiger partial charge in [0.1, 0.15) is 36.6 Å². The zero-order valence-electron chi connectivity index (χ0n) is 33.9. The molecule has 11 heteroatoms. The van der Waals surface area contributed by atoms with Gasteiger partial charge in [0.15, 0.2) is 6.29 Å². The average molecular weight is 762 g/mol. The molecule has 1 rings (SSSR count). The number of rotatable bonds is 35. The fourth-order valence-electron chi connectivity index (χ4n) is 7.38. The van der Waals surface area contributed by atoms with Gasteiger partial charge in [0, 0.05) is 0 Å². The number of carbonyl (C=O) groups excluding carboxylic acids is 1. The number of aliphatic hydroxyl groups excluding tert-OH is 7. The lowest BCUT2D eigenvalue weighted by molar-refractivity contribution is -0.303. The molecule has 11 nitrogen and oxygen atoms in total. The van der Waals surface area contributed by atoms with Crippen LogP contribution in [0.25, 0.3) is 0 Å². The molecule has 316 valence electrons. The van der Waals surface area contributed by atoms with E-state index in [1.807, 2.05) is 0 Å². The third kappa shape index (κ3) is 23.1. The van der Waals surface area contributed by atoms with Gasteiger partial charge in [-0.25, -0.2) is 0 Å². The maximum atomic E-state index is 13.0. The summed E-state index contributed by atoms with van der Waals surface area (Å²) in [6, 6.07) is -1.16. The summed E-state index contributed by atoms with van der Waals surface area (Å²) in [7, 11) is 0. The Labute approximate surface area is 322 Å². The van der Waals surface area contributed by atoms with Crippen molar-refractivity contribution in [2.24, 2.45) is 5.92 Å². The maximum Gasteiger partial charge on any atom is 0.249 e. The Hall–Kier alpha value is -0.890. The van der Waals surface area contributed by atoms with Gasteiger partial charge in [0.2, 0.25) is 5.91 Å². The first-order valence-corrected chi connectivity index (χ1v) is 21.8. The third-order valence-electron chi connectivity index (χ3n) is 11.0. The van der Waals surface area contributed by atoms with Crippen molar-refractivity contribution in [2.45, 2.75) is 243 Å². The van der Waals surface area contributed by atoms with Gasteiger partial charge >= 0.3 is 0 Å². The Morgan fingerprint density at radius 3 is 1.58 bits per heavy atom. The van der Waals surface area contributed by atoms with Gasteiger partial charge in [-0.05, 0) is 18.8 Å². The lowest BCUT2D eigenvalue weighted by Crippen LogP contribution is -2.60. The van der Waals surface area contributed by atoms with Crippen molar-refractivity contribution in [1.82, 2.24) is 5.32 Å². The molecular weight excluding hydrogens is 678 g/mol. The predicted molar refractivity (Wildman–Crippen MR) is 210 cm³/mol. The van der Waals surface area contributed by atoms with E-state index in [-0.39, 0.29) is 6.42 Å². The average Bonchev–Trinajstić information content (AvgIpc) is 3.15. The minimum atomic E-state index is -1.66. The summed E-state index contributed by atoms with van der Waals surface area (Å²) in [4.78, 5) is 13.0. The second-order valence-corrected chi connectivity index (χ2v) is 16.1. The number of carbonyl (C=O) groups is 1. The molecule has 4 unspecified atom stereocenters. The van der Waals surface area contributed by atoms with Gasteiger partial charge < -0.3 is 50.5 Å². The fraction of sp³-hybridized carbons (Fsp3) is 0.976. The Bertz CT molecular complexity index is 851. The highest BCUT2D eigenvalue weighted by Gasteiger charge is 2.44. The van der Waals surface area contributed by atoms with Gasteiger partial charge in [0.25, 0.3) is 0 Å².